The van der Waals surface area contributed by atoms with Crippen molar-refractivity contribution in [3.63, 3.8) is 0 Å². The average molecular weight is 246 g/mol. The smallest absolute Gasteiger partial charge is 0.255 e. The zero-order valence-corrected chi connectivity index (χ0v) is 10.3. The van der Waals surface area contributed by atoms with Crippen LogP contribution in [0, 0.1) is 13.8 Å². The van der Waals surface area contributed by atoms with Gasteiger partial charge >= 0.3 is 0 Å². The standard InChI is InChI=1S/C13H14N2O3/c1-8-13(9(2)18-15-8)10-4-3-5-11(6-10)17-7-12(14)16/h3-6H,7H2,1-2H3,(H2,14,16). The van der Waals surface area contributed by atoms with Crippen LogP contribution >= 0.6 is 0 Å². The number of nitrogens with two attached hydrogens (primary N) is 1. The summed E-state index contributed by atoms with van der Waals surface area (Å²) < 4.78 is 10.4. The van der Waals surface area contributed by atoms with Gasteiger partial charge < -0.3 is 15.0 Å². The van der Waals surface area contributed by atoms with E-state index >= 15 is 0 Å². The zero-order valence-electron chi connectivity index (χ0n) is 10.3. The van der Waals surface area contributed by atoms with Crippen molar-refractivity contribution in [1.82, 2.24) is 5.16 Å². The summed E-state index contributed by atoms with van der Waals surface area (Å²) in [5.41, 5.74) is 7.73. The quantitative estimate of drug-likeness (QED) is 0.892. The van der Waals surface area contributed by atoms with Crippen LogP contribution in [0.3, 0.4) is 0 Å². The van der Waals surface area contributed by atoms with Crippen LogP contribution in [-0.4, -0.2) is 17.7 Å². The van der Waals surface area contributed by atoms with Crippen molar-refractivity contribution >= 4 is 5.91 Å². The molecule has 0 saturated carbocycles. The summed E-state index contributed by atoms with van der Waals surface area (Å²) in [6.45, 7) is 3.60. The van der Waals surface area contributed by atoms with Gasteiger partial charge in [-0.05, 0) is 31.5 Å². The molecule has 1 aromatic heterocycles. The van der Waals surface area contributed by atoms with Crippen LogP contribution in [-0.2, 0) is 4.79 Å². The summed E-state index contributed by atoms with van der Waals surface area (Å²) in [5, 5.41) is 3.91. The molecule has 5 heteroatoms. The molecule has 2 rings (SSSR count). The Bertz CT molecular complexity index is 556. The Balaban J connectivity index is 2.30. The van der Waals surface area contributed by atoms with Crippen molar-refractivity contribution in [3.8, 4) is 16.9 Å². The number of nitrogens with zero attached hydrogens (tertiary/aromatic N) is 1. The molecule has 1 heterocycles. The number of hydrogen-bond acceptors (Lipinski definition) is 4. The van der Waals surface area contributed by atoms with Gasteiger partial charge in [-0.1, -0.05) is 17.3 Å². The molecule has 0 saturated heterocycles. The SMILES string of the molecule is Cc1noc(C)c1-c1cccc(OCC(N)=O)c1. The Hall–Kier alpha value is -2.30. The minimum atomic E-state index is -0.502. The number of rotatable bonds is 4. The number of amides is 1. The first kappa shape index (κ1) is 12.2. The molecular formula is C13H14N2O3. The van der Waals surface area contributed by atoms with Gasteiger partial charge in [0.1, 0.15) is 11.5 Å². The third kappa shape index (κ3) is 2.51. The average Bonchev–Trinajstić information content (AvgIpc) is 2.67. The highest BCUT2D eigenvalue weighted by Crippen LogP contribution is 2.29. The number of aromatic nitrogens is 1. The molecule has 94 valence electrons. The van der Waals surface area contributed by atoms with Gasteiger partial charge in [0, 0.05) is 5.56 Å². The van der Waals surface area contributed by atoms with E-state index in [0.29, 0.717) is 5.75 Å². The highest BCUT2D eigenvalue weighted by atomic mass is 16.5. The molecule has 1 amide bonds. The first-order valence-electron chi connectivity index (χ1n) is 5.52. The second-order valence-corrected chi connectivity index (χ2v) is 3.98. The zero-order chi connectivity index (χ0) is 13.1. The van der Waals surface area contributed by atoms with E-state index in [1.807, 2.05) is 32.0 Å². The second kappa shape index (κ2) is 4.91. The molecule has 1 aromatic carbocycles. The maximum absolute atomic E-state index is 10.7. The summed E-state index contributed by atoms with van der Waals surface area (Å²) in [4.78, 5) is 10.7. The minimum absolute atomic E-state index is 0.134. The van der Waals surface area contributed by atoms with Gasteiger partial charge in [0.2, 0.25) is 0 Å². The third-order valence-electron chi connectivity index (χ3n) is 2.54. The van der Waals surface area contributed by atoms with Crippen LogP contribution in [0.5, 0.6) is 5.75 Å². The summed E-state index contributed by atoms with van der Waals surface area (Å²) >= 11 is 0. The van der Waals surface area contributed by atoms with E-state index < -0.39 is 5.91 Å². The Morgan fingerprint density at radius 3 is 2.83 bits per heavy atom. The molecule has 0 bridgehead atoms. The molecule has 5 nitrogen and oxygen atoms in total. The van der Waals surface area contributed by atoms with Crippen LogP contribution in [0.1, 0.15) is 11.5 Å². The third-order valence-corrected chi connectivity index (χ3v) is 2.54. The molecule has 0 aliphatic carbocycles. The van der Waals surface area contributed by atoms with Crippen LogP contribution in [0.2, 0.25) is 0 Å². The fraction of sp³-hybridized carbons (Fsp3) is 0.231. The molecule has 2 N–H and O–H groups in total. The van der Waals surface area contributed by atoms with Crippen LogP contribution in [0.25, 0.3) is 11.1 Å². The van der Waals surface area contributed by atoms with Crippen LogP contribution in [0.15, 0.2) is 28.8 Å². The maximum Gasteiger partial charge on any atom is 0.255 e. The number of hydrogen-bond donors (Lipinski definition) is 1. The monoisotopic (exact) mass is 246 g/mol. The molecule has 0 fully saturated rings. The van der Waals surface area contributed by atoms with Crippen molar-refractivity contribution in [2.75, 3.05) is 6.61 Å². The van der Waals surface area contributed by atoms with E-state index in [0.717, 1.165) is 22.6 Å². The fourth-order valence-corrected chi connectivity index (χ4v) is 1.79. The second-order valence-electron chi connectivity index (χ2n) is 3.98. The first-order valence-corrected chi connectivity index (χ1v) is 5.52. The van der Waals surface area contributed by atoms with Crippen molar-refractivity contribution in [3.05, 3.63) is 35.7 Å². The summed E-state index contributed by atoms with van der Waals surface area (Å²) in [7, 11) is 0. The van der Waals surface area contributed by atoms with E-state index in [-0.39, 0.29) is 6.61 Å². The molecule has 0 atom stereocenters. The molecule has 2 aromatic rings. The first-order chi connectivity index (χ1) is 8.58. The number of carbonyl (C=O) groups is 1. The molecule has 0 unspecified atom stereocenters. The van der Waals surface area contributed by atoms with E-state index in [9.17, 15) is 4.79 Å². The predicted molar refractivity (Wildman–Crippen MR) is 66.1 cm³/mol. The van der Waals surface area contributed by atoms with Gasteiger partial charge in [0.25, 0.3) is 5.91 Å². The van der Waals surface area contributed by atoms with Gasteiger partial charge in [-0.15, -0.1) is 0 Å². The van der Waals surface area contributed by atoms with E-state index in [2.05, 4.69) is 5.16 Å². The van der Waals surface area contributed by atoms with Crippen molar-refractivity contribution in [2.24, 2.45) is 5.73 Å². The predicted octanol–water partition coefficient (Wildman–Crippen LogP) is 1.82. The fourth-order valence-electron chi connectivity index (χ4n) is 1.79. The topological polar surface area (TPSA) is 78.3 Å². The highest BCUT2D eigenvalue weighted by molar-refractivity contribution is 5.75. The Morgan fingerprint density at radius 2 is 2.22 bits per heavy atom. The highest BCUT2D eigenvalue weighted by Gasteiger charge is 2.11. The Labute approximate surface area is 105 Å². The minimum Gasteiger partial charge on any atom is -0.484 e. The Morgan fingerprint density at radius 1 is 1.44 bits per heavy atom. The lowest BCUT2D eigenvalue weighted by atomic mass is 10.0. The number of primary amides is 1. The summed E-state index contributed by atoms with van der Waals surface area (Å²) in [5.74, 6) is 0.837. The van der Waals surface area contributed by atoms with Gasteiger partial charge in [0.05, 0.1) is 5.69 Å². The molecular weight excluding hydrogens is 232 g/mol. The molecule has 0 aliphatic rings. The lowest BCUT2D eigenvalue weighted by Gasteiger charge is -2.06. The molecule has 0 spiro atoms. The summed E-state index contributed by atoms with van der Waals surface area (Å²) in [6.07, 6.45) is 0. The van der Waals surface area contributed by atoms with Gasteiger partial charge in [-0.25, -0.2) is 0 Å². The molecule has 0 radical (unpaired) electrons. The lowest BCUT2D eigenvalue weighted by molar-refractivity contribution is -0.119. The van der Waals surface area contributed by atoms with Gasteiger partial charge in [-0.3, -0.25) is 4.79 Å². The summed E-state index contributed by atoms with van der Waals surface area (Å²) in [6, 6.07) is 7.38. The van der Waals surface area contributed by atoms with E-state index in [1.165, 1.54) is 0 Å². The maximum atomic E-state index is 10.7. The van der Waals surface area contributed by atoms with Gasteiger partial charge in [-0.2, -0.15) is 0 Å². The van der Waals surface area contributed by atoms with Crippen molar-refractivity contribution in [2.45, 2.75) is 13.8 Å². The number of benzene rings is 1. The largest absolute Gasteiger partial charge is 0.484 e. The van der Waals surface area contributed by atoms with Crippen molar-refractivity contribution < 1.29 is 14.1 Å². The van der Waals surface area contributed by atoms with E-state index in [4.69, 9.17) is 15.0 Å². The van der Waals surface area contributed by atoms with Crippen molar-refractivity contribution in [1.29, 1.82) is 0 Å². The van der Waals surface area contributed by atoms with E-state index in [1.54, 1.807) is 6.07 Å². The lowest BCUT2D eigenvalue weighted by Crippen LogP contribution is -2.19. The normalized spacial score (nSPS) is 10.3. The van der Waals surface area contributed by atoms with Crippen LogP contribution in [0.4, 0.5) is 0 Å². The van der Waals surface area contributed by atoms with Crippen LogP contribution < -0.4 is 10.5 Å². The van der Waals surface area contributed by atoms with Gasteiger partial charge in [0.15, 0.2) is 6.61 Å². The number of ether oxygens (including phenoxy) is 1. The number of aryl methyl sites for hydroxylation is 2. The Kier molecular flexibility index (Phi) is 3.32. The molecule has 0 aliphatic heterocycles. The molecule has 18 heavy (non-hydrogen) atoms. The number of carbonyl (C=O) groups excluding carboxylic acids is 1.